The van der Waals surface area contributed by atoms with Gasteiger partial charge in [0.05, 0.1) is 22.2 Å². The van der Waals surface area contributed by atoms with Crippen LogP contribution in [0.5, 0.6) is 0 Å². The zero-order valence-electron chi connectivity index (χ0n) is 53.9. The van der Waals surface area contributed by atoms with Crippen molar-refractivity contribution in [3.8, 4) is 55.6 Å². The number of para-hydroxylation sites is 1. The summed E-state index contributed by atoms with van der Waals surface area (Å²) in [5.74, 6) is 1.66. The molecule has 0 saturated carbocycles. The van der Waals surface area contributed by atoms with E-state index in [1.165, 1.54) is 55.6 Å². The Morgan fingerprint density at radius 3 is 1.35 bits per heavy atom. The van der Waals surface area contributed by atoms with Crippen LogP contribution in [0.15, 0.2) is 259 Å². The number of hydrogen-bond acceptors (Lipinski definition) is 5. The Hall–Kier alpha value is -10.6. The van der Waals surface area contributed by atoms with E-state index in [2.05, 4.69) is 328 Å². The molecule has 2 aliphatic carbocycles. The number of aryl methyl sites for hydroxylation is 4. The summed E-state index contributed by atoms with van der Waals surface area (Å²) in [6, 6.07) is 90.7. The highest BCUT2D eigenvalue weighted by atomic mass is 16.3. The average molecular weight is 1190 g/mol. The number of pyridine rings is 2. The predicted octanol–water partition coefficient (Wildman–Crippen LogP) is 23.6. The monoisotopic (exact) mass is 1190 g/mol. The van der Waals surface area contributed by atoms with Crippen LogP contribution in [-0.2, 0) is 16.2 Å². The fourth-order valence-electron chi connectivity index (χ4n) is 14.8. The first-order chi connectivity index (χ1) is 44.5. The lowest BCUT2D eigenvalue weighted by Gasteiger charge is -2.34. The lowest BCUT2D eigenvalue weighted by atomic mass is 9.70. The third-order valence-corrected chi connectivity index (χ3v) is 19.5. The van der Waals surface area contributed by atoms with Crippen molar-refractivity contribution in [1.29, 1.82) is 0 Å². The summed E-state index contributed by atoms with van der Waals surface area (Å²) in [4.78, 5) is 16.2. The first-order valence-corrected chi connectivity index (χ1v) is 32.3. The van der Waals surface area contributed by atoms with E-state index in [1.807, 2.05) is 6.20 Å². The molecular formula is C87H72N4O. The lowest BCUT2D eigenvalue weighted by Crippen LogP contribution is -2.27. The van der Waals surface area contributed by atoms with Gasteiger partial charge in [-0.2, -0.15) is 0 Å². The van der Waals surface area contributed by atoms with Gasteiger partial charge in [0, 0.05) is 56.8 Å². The minimum Gasteiger partial charge on any atom is -0.455 e. The van der Waals surface area contributed by atoms with Crippen LogP contribution in [0.25, 0.3) is 88.3 Å². The van der Waals surface area contributed by atoms with Gasteiger partial charge in [-0.1, -0.05) is 246 Å². The van der Waals surface area contributed by atoms with E-state index in [-0.39, 0.29) is 10.8 Å². The molecule has 1 spiro atoms. The average Bonchev–Trinajstić information content (AvgIpc) is 1.49. The third-order valence-electron chi connectivity index (χ3n) is 19.5. The Morgan fingerprint density at radius 1 is 0.348 bits per heavy atom. The number of rotatable bonds is 9. The maximum atomic E-state index is 7.67. The molecule has 2 aliphatic rings. The van der Waals surface area contributed by atoms with Crippen molar-refractivity contribution in [2.45, 2.75) is 85.5 Å². The standard InChI is InChI=1S/C87H72N4O/c1-53-27-33-57(34-28-53)60-48-71(59-37-31-55(3)32-38-59)84(89-52-60)90(63-43-39-61(40-44-63)85(5,6)7)76-49-74-79(68-22-12-11-21-67(68)76)81-75(87(74)72-24-16-13-19-65(72)66-20-14-17-25-73(66)87)50-77(80-69-23-15-18-26-78(69)92-82(80)81)91(64-45-41-62(42-46-64)86(8,9)10)83-70(47-56(4)51-88-83)58-35-29-54(2)30-36-58/h11-52H,1-10H3. The van der Waals surface area contributed by atoms with Crippen molar-refractivity contribution in [3.63, 3.8) is 0 Å². The number of anilines is 6. The molecular weight excluding hydrogens is 1120 g/mol. The summed E-state index contributed by atoms with van der Waals surface area (Å²) in [5, 5.41) is 4.27. The van der Waals surface area contributed by atoms with Crippen LogP contribution in [-0.4, -0.2) is 9.97 Å². The van der Waals surface area contributed by atoms with Gasteiger partial charge in [-0.05, 0) is 171 Å². The van der Waals surface area contributed by atoms with Gasteiger partial charge in [-0.15, -0.1) is 0 Å². The molecule has 92 heavy (non-hydrogen) atoms. The second-order valence-corrected chi connectivity index (χ2v) is 27.7. The van der Waals surface area contributed by atoms with Crippen LogP contribution in [0.1, 0.15) is 97.2 Å². The highest BCUT2D eigenvalue weighted by Gasteiger charge is 2.54. The maximum Gasteiger partial charge on any atom is 0.145 e. The molecule has 14 aromatic rings. The van der Waals surface area contributed by atoms with Crippen molar-refractivity contribution in [2.75, 3.05) is 9.80 Å². The molecule has 0 saturated heterocycles. The van der Waals surface area contributed by atoms with Gasteiger partial charge < -0.3 is 4.42 Å². The van der Waals surface area contributed by atoms with E-state index in [9.17, 15) is 0 Å². The van der Waals surface area contributed by atoms with E-state index in [4.69, 9.17) is 14.4 Å². The summed E-state index contributed by atoms with van der Waals surface area (Å²) in [5.41, 5.74) is 27.7. The quantitative estimate of drug-likeness (QED) is 0.144. The molecule has 0 unspecified atom stereocenters. The zero-order chi connectivity index (χ0) is 62.9. The first kappa shape index (κ1) is 56.6. The Morgan fingerprint density at radius 2 is 0.793 bits per heavy atom. The summed E-state index contributed by atoms with van der Waals surface area (Å²) in [6.07, 6.45) is 4.09. The van der Waals surface area contributed by atoms with Crippen LogP contribution in [0, 0.1) is 27.7 Å². The molecule has 0 N–H and O–H groups in total. The molecule has 5 heteroatoms. The normalized spacial score (nSPS) is 13.0. The van der Waals surface area contributed by atoms with Crippen molar-refractivity contribution in [3.05, 3.63) is 311 Å². The van der Waals surface area contributed by atoms with Gasteiger partial charge in [0.25, 0.3) is 0 Å². The minimum absolute atomic E-state index is 0.0716. The predicted molar refractivity (Wildman–Crippen MR) is 385 cm³/mol. The molecule has 0 aliphatic heterocycles. The van der Waals surface area contributed by atoms with Gasteiger partial charge in [0.15, 0.2) is 0 Å². The van der Waals surface area contributed by atoms with E-state index in [0.717, 1.165) is 123 Å². The Kier molecular flexibility index (Phi) is 13.1. The Bertz CT molecular complexity index is 5210. The number of hydrogen-bond donors (Lipinski definition) is 0. The fourth-order valence-corrected chi connectivity index (χ4v) is 14.8. The second-order valence-electron chi connectivity index (χ2n) is 27.7. The number of fused-ring (bicyclic) bond motifs is 16. The van der Waals surface area contributed by atoms with Crippen LogP contribution < -0.4 is 9.80 Å². The van der Waals surface area contributed by atoms with E-state index in [1.54, 1.807) is 0 Å². The first-order valence-electron chi connectivity index (χ1n) is 32.3. The summed E-state index contributed by atoms with van der Waals surface area (Å²) >= 11 is 0. The van der Waals surface area contributed by atoms with Crippen LogP contribution in [0.3, 0.4) is 0 Å². The van der Waals surface area contributed by atoms with Crippen LogP contribution in [0.2, 0.25) is 0 Å². The topological polar surface area (TPSA) is 45.4 Å². The molecule has 5 nitrogen and oxygen atoms in total. The van der Waals surface area contributed by atoms with Gasteiger partial charge in [-0.25, -0.2) is 9.97 Å². The van der Waals surface area contributed by atoms with Gasteiger partial charge in [0.2, 0.25) is 0 Å². The molecule has 3 aromatic heterocycles. The second kappa shape index (κ2) is 21.3. The molecule has 16 rings (SSSR count). The molecule has 0 bridgehead atoms. The number of aromatic nitrogens is 2. The lowest BCUT2D eigenvalue weighted by molar-refractivity contribution is 0.590. The number of furan rings is 1. The van der Waals surface area contributed by atoms with Crippen LogP contribution >= 0.6 is 0 Å². The zero-order valence-corrected chi connectivity index (χ0v) is 53.9. The van der Waals surface area contributed by atoms with Crippen molar-refractivity contribution in [1.82, 2.24) is 9.97 Å². The van der Waals surface area contributed by atoms with Crippen molar-refractivity contribution in [2.24, 2.45) is 0 Å². The smallest absolute Gasteiger partial charge is 0.145 e. The summed E-state index contributed by atoms with van der Waals surface area (Å²) < 4.78 is 7.67. The highest BCUT2D eigenvalue weighted by molar-refractivity contribution is 6.23. The molecule has 3 heterocycles. The van der Waals surface area contributed by atoms with Crippen LogP contribution in [0.4, 0.5) is 34.4 Å². The van der Waals surface area contributed by atoms with Gasteiger partial charge >= 0.3 is 0 Å². The molecule has 0 atom stereocenters. The molecule has 0 amide bonds. The summed E-state index contributed by atoms with van der Waals surface area (Å²) in [7, 11) is 0. The highest BCUT2D eigenvalue weighted by Crippen LogP contribution is 2.68. The molecule has 446 valence electrons. The maximum absolute atomic E-state index is 7.67. The number of nitrogens with zero attached hydrogens (tertiary/aromatic N) is 4. The minimum atomic E-state index is -0.870. The summed E-state index contributed by atoms with van der Waals surface area (Å²) in [6.45, 7) is 22.3. The molecule has 0 fully saturated rings. The van der Waals surface area contributed by atoms with Gasteiger partial charge in [0.1, 0.15) is 22.8 Å². The Labute approximate surface area is 540 Å². The van der Waals surface area contributed by atoms with Crippen molar-refractivity contribution < 1.29 is 4.42 Å². The molecule has 0 radical (unpaired) electrons. The van der Waals surface area contributed by atoms with E-state index >= 15 is 0 Å². The third kappa shape index (κ3) is 8.95. The van der Waals surface area contributed by atoms with Gasteiger partial charge in [-0.3, -0.25) is 9.80 Å². The largest absolute Gasteiger partial charge is 0.455 e. The molecule has 11 aromatic carbocycles. The SMILES string of the molecule is Cc1ccc(-c2cnc(N(c3ccc(C(C)(C)C)cc3)c3cc4c(c5ccccc35)-c3c(cc(N(c5ccc(C(C)(C)C)cc5)c5ncc(C)cc5-c5ccc(C)cc5)c5c3oc3ccccc35)C43c4ccccc4-c4ccccc43)c(-c3ccc(C)cc3)c2)cc1. The van der Waals surface area contributed by atoms with Crippen molar-refractivity contribution >= 4 is 67.1 Å². The van der Waals surface area contributed by atoms with E-state index in [0.29, 0.717) is 0 Å². The van der Waals surface area contributed by atoms with E-state index < -0.39 is 5.41 Å². The fraction of sp³-hybridized carbons (Fsp3) is 0.149. The Balaban J connectivity index is 1.06. The number of benzene rings is 11.